The van der Waals surface area contributed by atoms with Gasteiger partial charge in [-0.3, -0.25) is 9.59 Å². The molecular formula is C21H20ClF3N2O5. The monoisotopic (exact) mass is 472 g/mol. The van der Waals surface area contributed by atoms with Crippen LogP contribution in [0, 0.1) is 0 Å². The second kappa shape index (κ2) is 9.45. The molecule has 3 atom stereocenters. The lowest BCUT2D eigenvalue weighted by Gasteiger charge is -2.26. The lowest BCUT2D eigenvalue weighted by Crippen LogP contribution is -2.53. The van der Waals surface area contributed by atoms with Gasteiger partial charge in [0, 0.05) is 12.1 Å². The van der Waals surface area contributed by atoms with Gasteiger partial charge in [-0.1, -0.05) is 29.8 Å². The number of aliphatic hydroxyl groups is 2. The molecule has 1 fully saturated rings. The Morgan fingerprint density at radius 2 is 1.84 bits per heavy atom. The van der Waals surface area contributed by atoms with E-state index in [1.807, 2.05) is 0 Å². The summed E-state index contributed by atoms with van der Waals surface area (Å²) in [5, 5.41) is 26.2. The van der Waals surface area contributed by atoms with Crippen LogP contribution in [0.1, 0.15) is 26.3 Å². The molecule has 0 aromatic heterocycles. The fourth-order valence-corrected chi connectivity index (χ4v) is 3.43. The van der Waals surface area contributed by atoms with Gasteiger partial charge in [0.15, 0.2) is 0 Å². The van der Waals surface area contributed by atoms with Crippen molar-refractivity contribution in [3.05, 3.63) is 70.2 Å². The Labute approximate surface area is 186 Å². The van der Waals surface area contributed by atoms with Gasteiger partial charge >= 0.3 is 6.18 Å². The number of benzene rings is 2. The number of carbonyl (C=O) groups is 2. The summed E-state index contributed by atoms with van der Waals surface area (Å²) in [6, 6.07) is 10.2. The number of halogens is 4. The molecule has 1 aliphatic heterocycles. The van der Waals surface area contributed by atoms with Gasteiger partial charge < -0.3 is 25.6 Å². The van der Waals surface area contributed by atoms with Crippen molar-refractivity contribution >= 4 is 23.4 Å². The average molecular weight is 473 g/mol. The first kappa shape index (κ1) is 24.0. The maximum atomic E-state index is 12.8. The van der Waals surface area contributed by atoms with Crippen LogP contribution in [-0.4, -0.2) is 59.5 Å². The summed E-state index contributed by atoms with van der Waals surface area (Å²) < 4.78 is 43.8. The average Bonchev–Trinajstić information content (AvgIpc) is 3.04. The molecule has 2 amide bonds. The van der Waals surface area contributed by atoms with E-state index in [0.29, 0.717) is 6.07 Å². The number of nitrogens with one attached hydrogen (secondary N) is 2. The van der Waals surface area contributed by atoms with Crippen LogP contribution in [0.4, 0.5) is 13.2 Å². The molecule has 0 saturated carbocycles. The molecule has 1 heterocycles. The molecule has 32 heavy (non-hydrogen) atoms. The van der Waals surface area contributed by atoms with Crippen molar-refractivity contribution in [3.8, 4) is 0 Å². The Morgan fingerprint density at radius 1 is 1.12 bits per heavy atom. The number of alkyl halides is 3. The summed E-state index contributed by atoms with van der Waals surface area (Å²) >= 11 is 5.96. The van der Waals surface area contributed by atoms with Crippen LogP contribution < -0.4 is 10.6 Å². The normalized spacial score (nSPS) is 23.1. The predicted molar refractivity (Wildman–Crippen MR) is 108 cm³/mol. The predicted octanol–water partition coefficient (Wildman–Crippen LogP) is 2.01. The van der Waals surface area contributed by atoms with Gasteiger partial charge in [-0.05, 0) is 30.3 Å². The molecule has 4 N–H and O–H groups in total. The van der Waals surface area contributed by atoms with Gasteiger partial charge in [0.2, 0.25) is 0 Å². The SMILES string of the molecule is O=C(NC[C@]1(O)CO[C@H](CNC(=O)c2ccccc2Cl)[C@H]1O)c1cccc(C(F)(F)F)c1. The largest absolute Gasteiger partial charge is 0.416 e. The van der Waals surface area contributed by atoms with Gasteiger partial charge in [-0.15, -0.1) is 0 Å². The van der Waals surface area contributed by atoms with E-state index in [-0.39, 0.29) is 29.3 Å². The number of aliphatic hydroxyl groups excluding tert-OH is 1. The fourth-order valence-electron chi connectivity index (χ4n) is 3.21. The second-order valence-corrected chi connectivity index (χ2v) is 7.76. The van der Waals surface area contributed by atoms with Crippen LogP contribution in [0.2, 0.25) is 5.02 Å². The zero-order valence-corrected chi connectivity index (χ0v) is 17.3. The third-order valence-electron chi connectivity index (χ3n) is 5.04. The minimum Gasteiger partial charge on any atom is -0.387 e. The first-order valence-electron chi connectivity index (χ1n) is 9.51. The Kier molecular flexibility index (Phi) is 7.09. The van der Waals surface area contributed by atoms with Crippen molar-refractivity contribution in [2.45, 2.75) is 24.0 Å². The number of rotatable bonds is 6. The maximum Gasteiger partial charge on any atom is 0.416 e. The lowest BCUT2D eigenvalue weighted by atomic mass is 9.96. The Balaban J connectivity index is 1.56. The highest BCUT2D eigenvalue weighted by Gasteiger charge is 2.48. The Hall–Kier alpha value is -2.66. The van der Waals surface area contributed by atoms with Crippen LogP contribution in [0.3, 0.4) is 0 Å². The van der Waals surface area contributed by atoms with Crippen LogP contribution in [0.15, 0.2) is 48.5 Å². The van der Waals surface area contributed by atoms with E-state index in [0.717, 1.165) is 12.1 Å². The summed E-state index contributed by atoms with van der Waals surface area (Å²) in [4.78, 5) is 24.5. The summed E-state index contributed by atoms with van der Waals surface area (Å²) in [5.41, 5.74) is -2.90. The van der Waals surface area contributed by atoms with Crippen molar-refractivity contribution in [3.63, 3.8) is 0 Å². The summed E-state index contributed by atoms with van der Waals surface area (Å²) in [6.45, 7) is -0.975. The van der Waals surface area contributed by atoms with Crippen molar-refractivity contribution in [2.75, 3.05) is 19.7 Å². The van der Waals surface area contributed by atoms with Crippen molar-refractivity contribution < 1.29 is 37.7 Å². The van der Waals surface area contributed by atoms with E-state index >= 15 is 0 Å². The number of hydrogen-bond acceptors (Lipinski definition) is 5. The van der Waals surface area contributed by atoms with Gasteiger partial charge in [0.1, 0.15) is 17.8 Å². The first-order chi connectivity index (χ1) is 15.0. The second-order valence-electron chi connectivity index (χ2n) is 7.35. The fraction of sp³-hybridized carbons (Fsp3) is 0.333. The molecule has 1 saturated heterocycles. The summed E-state index contributed by atoms with van der Waals surface area (Å²) in [6.07, 6.45) is -7.06. The Bertz CT molecular complexity index is 1000. The molecule has 0 spiro atoms. The standard InChI is InChI=1S/C21H20ClF3N2O5/c22-15-7-2-1-6-14(15)19(30)26-9-16-17(28)20(31,11-32-16)10-27-18(29)12-4-3-5-13(8-12)21(23,24)25/h1-8,16-17,28,31H,9-11H2,(H,26,30)(H,27,29)/t16-,17-,20+/m1/s1. The molecule has 0 aliphatic carbocycles. The number of carbonyl (C=O) groups excluding carboxylic acids is 2. The number of ether oxygens (including phenoxy) is 1. The lowest BCUT2D eigenvalue weighted by molar-refractivity contribution is -0.137. The van der Waals surface area contributed by atoms with E-state index in [2.05, 4.69) is 10.6 Å². The van der Waals surface area contributed by atoms with Crippen LogP contribution in [0.25, 0.3) is 0 Å². The number of amides is 2. The molecular weight excluding hydrogens is 453 g/mol. The third kappa shape index (κ3) is 5.39. The molecule has 1 aliphatic rings. The summed E-state index contributed by atoms with van der Waals surface area (Å²) in [5.74, 6) is -1.35. The van der Waals surface area contributed by atoms with Crippen LogP contribution in [0.5, 0.6) is 0 Å². The van der Waals surface area contributed by atoms with Crippen LogP contribution >= 0.6 is 11.6 Å². The molecule has 3 rings (SSSR count). The summed E-state index contributed by atoms with van der Waals surface area (Å²) in [7, 11) is 0. The minimum atomic E-state index is -4.61. The highest BCUT2D eigenvalue weighted by atomic mass is 35.5. The number of hydrogen-bond donors (Lipinski definition) is 4. The molecule has 11 heteroatoms. The molecule has 7 nitrogen and oxygen atoms in total. The van der Waals surface area contributed by atoms with Crippen molar-refractivity contribution in [1.29, 1.82) is 0 Å². The molecule has 2 aromatic rings. The smallest absolute Gasteiger partial charge is 0.387 e. The first-order valence-corrected chi connectivity index (χ1v) is 9.89. The van der Waals surface area contributed by atoms with E-state index in [9.17, 15) is 33.0 Å². The van der Waals surface area contributed by atoms with Gasteiger partial charge in [0.25, 0.3) is 11.8 Å². The van der Waals surface area contributed by atoms with Crippen molar-refractivity contribution in [2.24, 2.45) is 0 Å². The highest BCUT2D eigenvalue weighted by molar-refractivity contribution is 6.33. The minimum absolute atomic E-state index is 0.144. The molecule has 172 valence electrons. The maximum absolute atomic E-state index is 12.8. The quantitative estimate of drug-likeness (QED) is 0.514. The molecule has 0 bridgehead atoms. The molecule has 0 unspecified atom stereocenters. The van der Waals surface area contributed by atoms with Gasteiger partial charge in [0.05, 0.1) is 29.3 Å². The van der Waals surface area contributed by atoms with Gasteiger partial charge in [-0.25, -0.2) is 0 Å². The Morgan fingerprint density at radius 3 is 2.53 bits per heavy atom. The van der Waals surface area contributed by atoms with Crippen molar-refractivity contribution in [1.82, 2.24) is 10.6 Å². The third-order valence-corrected chi connectivity index (χ3v) is 5.37. The van der Waals surface area contributed by atoms with E-state index in [1.54, 1.807) is 18.2 Å². The van der Waals surface area contributed by atoms with E-state index in [4.69, 9.17) is 16.3 Å². The van der Waals surface area contributed by atoms with E-state index in [1.165, 1.54) is 12.1 Å². The van der Waals surface area contributed by atoms with Gasteiger partial charge in [-0.2, -0.15) is 13.2 Å². The van der Waals surface area contributed by atoms with Crippen LogP contribution in [-0.2, 0) is 10.9 Å². The highest BCUT2D eigenvalue weighted by Crippen LogP contribution is 2.29. The zero-order chi connectivity index (χ0) is 23.5. The topological polar surface area (TPSA) is 108 Å². The molecule has 0 radical (unpaired) electrons. The zero-order valence-electron chi connectivity index (χ0n) is 16.5. The molecule has 2 aromatic carbocycles. The van der Waals surface area contributed by atoms with E-state index < -0.39 is 47.9 Å².